The summed E-state index contributed by atoms with van der Waals surface area (Å²) < 4.78 is 5.75. The summed E-state index contributed by atoms with van der Waals surface area (Å²) in [7, 11) is 0. The Hall–Kier alpha value is -2.82. The summed E-state index contributed by atoms with van der Waals surface area (Å²) >= 11 is 0. The Balaban J connectivity index is 2.12. The summed E-state index contributed by atoms with van der Waals surface area (Å²) in [6.45, 7) is 0. The highest BCUT2D eigenvalue weighted by Gasteiger charge is 2.08. The van der Waals surface area contributed by atoms with Crippen molar-refractivity contribution in [1.82, 2.24) is 5.32 Å². The van der Waals surface area contributed by atoms with Crippen LogP contribution in [0.2, 0.25) is 0 Å². The summed E-state index contributed by atoms with van der Waals surface area (Å²) in [5.74, 6) is 1.04. The molecule has 2 rings (SSSR count). The molecule has 0 atom stereocenters. The van der Waals surface area contributed by atoms with Crippen LogP contribution in [0.4, 0.5) is 0 Å². The first-order chi connectivity index (χ1) is 9.79. The summed E-state index contributed by atoms with van der Waals surface area (Å²) in [6, 6.07) is 16.6. The van der Waals surface area contributed by atoms with E-state index in [1.807, 2.05) is 48.5 Å². The molecule has 20 heavy (non-hydrogen) atoms. The number of carbonyl (C=O) groups is 1. The lowest BCUT2D eigenvalue weighted by molar-refractivity contribution is -0.119. The Bertz CT molecular complexity index is 597. The molecule has 0 spiro atoms. The van der Waals surface area contributed by atoms with E-state index < -0.39 is 0 Å². The number of amides is 1. The quantitative estimate of drug-likeness (QED) is 0.379. The minimum atomic E-state index is -0.285. The summed E-state index contributed by atoms with van der Waals surface area (Å²) in [4.78, 5) is 11.6. The lowest BCUT2D eigenvalue weighted by atomic mass is 10.1. The molecule has 2 aromatic rings. The molecule has 0 aliphatic heterocycles. The molecule has 0 saturated heterocycles. The van der Waals surface area contributed by atoms with Crippen molar-refractivity contribution in [3.05, 3.63) is 60.2 Å². The third kappa shape index (κ3) is 3.84. The normalized spacial score (nSPS) is 10.4. The molecule has 0 fully saturated rings. The molecule has 0 heterocycles. The van der Waals surface area contributed by atoms with Gasteiger partial charge in [-0.1, -0.05) is 41.6 Å². The lowest BCUT2D eigenvalue weighted by Crippen LogP contribution is -2.23. The van der Waals surface area contributed by atoms with E-state index in [2.05, 4.69) is 10.5 Å². The molecule has 5 nitrogen and oxygen atoms in total. The second kappa shape index (κ2) is 6.94. The molecule has 5 heteroatoms. The van der Waals surface area contributed by atoms with E-state index >= 15 is 0 Å². The summed E-state index contributed by atoms with van der Waals surface area (Å²) in [5.41, 5.74) is 0.750. The van der Waals surface area contributed by atoms with E-state index in [-0.39, 0.29) is 12.3 Å². The Labute approximate surface area is 116 Å². The zero-order valence-electron chi connectivity index (χ0n) is 10.7. The fourth-order valence-corrected chi connectivity index (χ4v) is 1.69. The number of nitrogens with zero attached hydrogens (tertiary/aromatic N) is 1. The molecule has 0 aliphatic carbocycles. The van der Waals surface area contributed by atoms with E-state index in [1.54, 1.807) is 6.07 Å². The van der Waals surface area contributed by atoms with Crippen molar-refractivity contribution in [2.24, 2.45) is 5.16 Å². The zero-order valence-corrected chi connectivity index (χ0v) is 10.7. The van der Waals surface area contributed by atoms with Gasteiger partial charge in [-0.25, -0.2) is 0 Å². The first-order valence-corrected chi connectivity index (χ1v) is 6.05. The van der Waals surface area contributed by atoms with Crippen LogP contribution >= 0.6 is 0 Å². The first kappa shape index (κ1) is 13.6. The summed E-state index contributed by atoms with van der Waals surface area (Å²) in [6.07, 6.45) is 1.07. The van der Waals surface area contributed by atoms with Crippen molar-refractivity contribution < 1.29 is 14.7 Å². The van der Waals surface area contributed by atoms with Crippen LogP contribution < -0.4 is 10.1 Å². The van der Waals surface area contributed by atoms with Gasteiger partial charge >= 0.3 is 0 Å². The Kier molecular flexibility index (Phi) is 4.72. The van der Waals surface area contributed by atoms with Crippen molar-refractivity contribution in [2.45, 2.75) is 6.42 Å². The second-order valence-electron chi connectivity index (χ2n) is 4.01. The molecule has 0 bridgehead atoms. The fraction of sp³-hybridized carbons (Fsp3) is 0.0667. The molecule has 0 unspecified atom stereocenters. The SMILES string of the molecule is O=C(Cc1ccccc1Oc1ccccc1)NC=NO. The fourth-order valence-electron chi connectivity index (χ4n) is 1.69. The molecular weight excluding hydrogens is 256 g/mol. The van der Waals surface area contributed by atoms with Crippen molar-refractivity contribution in [1.29, 1.82) is 0 Å². The number of nitrogens with one attached hydrogen (secondary N) is 1. The van der Waals surface area contributed by atoms with E-state index in [1.165, 1.54) is 0 Å². The largest absolute Gasteiger partial charge is 0.457 e. The van der Waals surface area contributed by atoms with Crippen LogP contribution in [0.5, 0.6) is 11.5 Å². The monoisotopic (exact) mass is 270 g/mol. The van der Waals surface area contributed by atoms with Crippen LogP contribution in [0, 0.1) is 0 Å². The lowest BCUT2D eigenvalue weighted by Gasteiger charge is -2.10. The van der Waals surface area contributed by atoms with Crippen LogP contribution in [0.1, 0.15) is 5.56 Å². The average molecular weight is 270 g/mol. The van der Waals surface area contributed by atoms with Gasteiger partial charge in [0.2, 0.25) is 5.91 Å². The predicted molar refractivity (Wildman–Crippen MR) is 75.1 cm³/mol. The smallest absolute Gasteiger partial charge is 0.229 e. The maximum atomic E-state index is 11.6. The maximum Gasteiger partial charge on any atom is 0.229 e. The first-order valence-electron chi connectivity index (χ1n) is 6.05. The minimum Gasteiger partial charge on any atom is -0.457 e. The molecular formula is C15H14N2O3. The number of carbonyl (C=O) groups excluding carboxylic acids is 1. The van der Waals surface area contributed by atoms with Crippen molar-refractivity contribution in [3.63, 3.8) is 0 Å². The van der Waals surface area contributed by atoms with Gasteiger partial charge in [0.05, 0.1) is 6.42 Å². The van der Waals surface area contributed by atoms with E-state index in [0.717, 1.165) is 11.9 Å². The maximum absolute atomic E-state index is 11.6. The number of hydrogen-bond donors (Lipinski definition) is 2. The van der Waals surface area contributed by atoms with E-state index in [0.29, 0.717) is 11.5 Å². The molecule has 0 saturated carbocycles. The van der Waals surface area contributed by atoms with E-state index in [4.69, 9.17) is 9.94 Å². The molecule has 0 aliphatic rings. The highest BCUT2D eigenvalue weighted by atomic mass is 16.5. The molecule has 2 N–H and O–H groups in total. The van der Waals surface area contributed by atoms with Crippen LogP contribution in [-0.2, 0) is 11.2 Å². The summed E-state index contributed by atoms with van der Waals surface area (Å²) in [5, 5.41) is 13.3. The molecule has 1 amide bonds. The predicted octanol–water partition coefficient (Wildman–Crippen LogP) is 2.56. The van der Waals surface area contributed by atoms with Gasteiger partial charge in [0.1, 0.15) is 17.8 Å². The molecule has 102 valence electrons. The third-order valence-electron chi connectivity index (χ3n) is 2.58. The Morgan fingerprint density at radius 3 is 2.60 bits per heavy atom. The molecule has 2 aromatic carbocycles. The Morgan fingerprint density at radius 1 is 1.15 bits per heavy atom. The van der Waals surface area contributed by atoms with Crippen molar-refractivity contribution in [2.75, 3.05) is 0 Å². The van der Waals surface area contributed by atoms with Gasteiger partial charge in [-0.3, -0.25) is 4.79 Å². The van der Waals surface area contributed by atoms with Crippen molar-refractivity contribution >= 4 is 12.2 Å². The van der Waals surface area contributed by atoms with Crippen LogP contribution in [0.25, 0.3) is 0 Å². The topological polar surface area (TPSA) is 70.9 Å². The van der Waals surface area contributed by atoms with Crippen molar-refractivity contribution in [3.8, 4) is 11.5 Å². The van der Waals surface area contributed by atoms with Gasteiger partial charge in [-0.2, -0.15) is 0 Å². The highest BCUT2D eigenvalue weighted by Crippen LogP contribution is 2.25. The van der Waals surface area contributed by atoms with Gasteiger partial charge in [-0.05, 0) is 18.2 Å². The average Bonchev–Trinajstić information content (AvgIpc) is 2.48. The van der Waals surface area contributed by atoms with E-state index in [9.17, 15) is 4.79 Å². The molecule has 0 aromatic heterocycles. The number of rotatable bonds is 5. The van der Waals surface area contributed by atoms with Gasteiger partial charge in [0, 0.05) is 5.56 Å². The number of oxime groups is 1. The number of hydrogen-bond acceptors (Lipinski definition) is 4. The number of para-hydroxylation sites is 2. The number of ether oxygens (including phenoxy) is 1. The van der Waals surface area contributed by atoms with Gasteiger partial charge in [-0.15, -0.1) is 0 Å². The Morgan fingerprint density at radius 2 is 1.85 bits per heavy atom. The van der Waals surface area contributed by atoms with Gasteiger partial charge < -0.3 is 15.3 Å². The zero-order chi connectivity index (χ0) is 14.2. The minimum absolute atomic E-state index is 0.134. The molecule has 0 radical (unpaired) electrons. The third-order valence-corrected chi connectivity index (χ3v) is 2.58. The number of benzene rings is 2. The van der Waals surface area contributed by atoms with Crippen LogP contribution in [0.15, 0.2) is 59.8 Å². The van der Waals surface area contributed by atoms with Gasteiger partial charge in [0.15, 0.2) is 0 Å². The highest BCUT2D eigenvalue weighted by molar-refractivity contribution is 5.89. The van der Waals surface area contributed by atoms with Gasteiger partial charge in [0.25, 0.3) is 0 Å². The second-order valence-corrected chi connectivity index (χ2v) is 4.01. The standard InChI is InChI=1S/C15H14N2O3/c18-15(16-11-17-19)10-12-6-4-5-9-14(12)20-13-7-2-1-3-8-13/h1-9,11,19H,10H2,(H,16,17,18). The van der Waals surface area contributed by atoms with Crippen LogP contribution in [0.3, 0.4) is 0 Å². The van der Waals surface area contributed by atoms with Crippen LogP contribution in [-0.4, -0.2) is 17.5 Å².